The molecule has 22 heavy (non-hydrogen) atoms. The molecule has 0 aliphatic carbocycles. The molecule has 0 saturated heterocycles. The van der Waals surface area contributed by atoms with E-state index in [2.05, 4.69) is 69.2 Å². The van der Waals surface area contributed by atoms with Gasteiger partial charge in [0.25, 0.3) is 0 Å². The molecule has 0 bridgehead atoms. The van der Waals surface area contributed by atoms with Crippen molar-refractivity contribution in [2.45, 2.75) is 26.7 Å². The third-order valence-corrected chi connectivity index (χ3v) is 5.83. The van der Waals surface area contributed by atoms with Crippen molar-refractivity contribution in [2.24, 2.45) is 4.99 Å². The van der Waals surface area contributed by atoms with Crippen molar-refractivity contribution in [3.8, 4) is 0 Å². The second-order valence-corrected chi connectivity index (χ2v) is 9.14. The summed E-state index contributed by atoms with van der Waals surface area (Å²) in [5.74, 6) is 0.891. The predicted molar refractivity (Wildman–Crippen MR) is 105 cm³/mol. The molecule has 0 atom stereocenters. The van der Waals surface area contributed by atoms with Crippen LogP contribution >= 0.6 is 45.3 Å². The first-order valence-corrected chi connectivity index (χ1v) is 10.1. The normalized spacial score (nSPS) is 11.7. The first-order valence-electron chi connectivity index (χ1n) is 7.35. The van der Waals surface area contributed by atoms with Crippen molar-refractivity contribution in [3.63, 3.8) is 0 Å². The van der Waals surface area contributed by atoms with Crippen LogP contribution in [0.15, 0.2) is 23.3 Å². The summed E-state index contributed by atoms with van der Waals surface area (Å²) >= 11 is 5.96. The number of halogens is 1. The Kier molecular flexibility index (Phi) is 7.61. The van der Waals surface area contributed by atoms with E-state index in [0.29, 0.717) is 0 Å². The van der Waals surface area contributed by atoms with E-state index in [1.54, 1.807) is 11.3 Å². The molecule has 120 valence electrons. The monoisotopic (exact) mass is 448 g/mol. The second kappa shape index (κ2) is 9.46. The number of nitrogens with one attached hydrogen (secondary N) is 2. The Hall–Kier alpha value is -0.670. The van der Waals surface area contributed by atoms with Gasteiger partial charge in [-0.1, -0.05) is 0 Å². The van der Waals surface area contributed by atoms with E-state index >= 15 is 0 Å². The molecule has 2 aromatic rings. The summed E-state index contributed by atoms with van der Waals surface area (Å²) in [6, 6.07) is 4.36. The average molecular weight is 448 g/mol. The maximum atomic E-state index is 4.62. The van der Waals surface area contributed by atoms with Gasteiger partial charge in [0.05, 0.1) is 7.89 Å². The highest BCUT2D eigenvalue weighted by atomic mass is 127. The van der Waals surface area contributed by atoms with E-state index in [0.717, 1.165) is 43.4 Å². The molecule has 2 N–H and O–H groups in total. The number of rotatable bonds is 7. The van der Waals surface area contributed by atoms with Crippen LogP contribution < -0.4 is 10.6 Å². The summed E-state index contributed by atoms with van der Waals surface area (Å²) in [4.78, 5) is 11.7. The highest BCUT2D eigenvalue weighted by molar-refractivity contribution is 14.1. The fourth-order valence-electron chi connectivity index (χ4n) is 1.91. The zero-order valence-electron chi connectivity index (χ0n) is 12.9. The standard InChI is InChI=1S/C15H21IN4S2/c1-3-17-15(18-8-6-12-4-5-13(16)22-12)19-9-7-14-20-10-11(2)21-14/h4-5,10H,3,6-9H2,1-2H3,(H2,17,18,19). The zero-order valence-corrected chi connectivity index (χ0v) is 16.6. The van der Waals surface area contributed by atoms with E-state index < -0.39 is 0 Å². The molecule has 7 heteroatoms. The quantitative estimate of drug-likeness (QED) is 0.388. The van der Waals surface area contributed by atoms with Gasteiger partial charge in [0.15, 0.2) is 5.96 Å². The van der Waals surface area contributed by atoms with E-state index in [-0.39, 0.29) is 0 Å². The molecule has 0 aliphatic heterocycles. The molecule has 0 unspecified atom stereocenters. The average Bonchev–Trinajstić information content (AvgIpc) is 3.08. The second-order valence-electron chi connectivity index (χ2n) is 4.76. The summed E-state index contributed by atoms with van der Waals surface area (Å²) in [5, 5.41) is 7.84. The van der Waals surface area contributed by atoms with E-state index in [9.17, 15) is 0 Å². The van der Waals surface area contributed by atoms with E-state index in [1.807, 2.05) is 17.5 Å². The minimum Gasteiger partial charge on any atom is -0.357 e. The topological polar surface area (TPSA) is 49.3 Å². The molecule has 0 aliphatic rings. The van der Waals surface area contributed by atoms with Crippen LogP contribution in [0.5, 0.6) is 0 Å². The van der Waals surface area contributed by atoms with Crippen molar-refractivity contribution >= 4 is 51.2 Å². The lowest BCUT2D eigenvalue weighted by molar-refractivity contribution is 0.801. The summed E-state index contributed by atoms with van der Waals surface area (Å²) in [6.07, 6.45) is 3.86. The van der Waals surface area contributed by atoms with Gasteiger partial charge in [0.2, 0.25) is 0 Å². The number of thiazole rings is 1. The molecule has 2 aromatic heterocycles. The lowest BCUT2D eigenvalue weighted by Crippen LogP contribution is -2.38. The molecule has 0 radical (unpaired) electrons. The van der Waals surface area contributed by atoms with Gasteiger partial charge in [-0.05, 0) is 55.0 Å². The number of thiophene rings is 1. The molecular weight excluding hydrogens is 427 g/mol. The Labute approximate surface area is 153 Å². The fourth-order valence-corrected chi connectivity index (χ4v) is 4.44. The SMILES string of the molecule is CCNC(=NCCc1ncc(C)s1)NCCc1ccc(I)s1. The van der Waals surface area contributed by atoms with Crippen LogP contribution in [0.2, 0.25) is 0 Å². The maximum Gasteiger partial charge on any atom is 0.191 e. The Bertz CT molecular complexity index is 606. The van der Waals surface area contributed by atoms with Gasteiger partial charge in [0, 0.05) is 42.0 Å². The summed E-state index contributed by atoms with van der Waals surface area (Å²) in [7, 11) is 0. The molecule has 0 fully saturated rings. The Morgan fingerprint density at radius 1 is 1.27 bits per heavy atom. The maximum absolute atomic E-state index is 4.62. The molecule has 0 amide bonds. The third kappa shape index (κ3) is 6.21. The largest absolute Gasteiger partial charge is 0.357 e. The fraction of sp³-hybridized carbons (Fsp3) is 0.467. The highest BCUT2D eigenvalue weighted by Crippen LogP contribution is 2.18. The van der Waals surface area contributed by atoms with Crippen LogP contribution in [-0.2, 0) is 12.8 Å². The van der Waals surface area contributed by atoms with Gasteiger partial charge in [0.1, 0.15) is 0 Å². The summed E-state index contributed by atoms with van der Waals surface area (Å²) in [6.45, 7) is 6.71. The minimum atomic E-state index is 0.763. The van der Waals surface area contributed by atoms with Crippen molar-refractivity contribution in [3.05, 3.63) is 36.0 Å². The number of nitrogens with zero attached hydrogens (tertiary/aromatic N) is 2. The lowest BCUT2D eigenvalue weighted by Gasteiger charge is -2.10. The molecule has 0 saturated carbocycles. The van der Waals surface area contributed by atoms with Crippen molar-refractivity contribution in [1.82, 2.24) is 15.6 Å². The highest BCUT2D eigenvalue weighted by Gasteiger charge is 2.01. The number of aliphatic imine (C=N–C) groups is 1. The van der Waals surface area contributed by atoms with Crippen molar-refractivity contribution < 1.29 is 0 Å². The van der Waals surface area contributed by atoms with Gasteiger partial charge in [-0.25, -0.2) is 4.98 Å². The molecule has 0 aromatic carbocycles. The Morgan fingerprint density at radius 3 is 2.77 bits per heavy atom. The Morgan fingerprint density at radius 2 is 2.14 bits per heavy atom. The third-order valence-electron chi connectivity index (χ3n) is 2.90. The van der Waals surface area contributed by atoms with Crippen LogP contribution in [0.3, 0.4) is 0 Å². The van der Waals surface area contributed by atoms with E-state index in [1.165, 1.54) is 12.6 Å². The van der Waals surface area contributed by atoms with Crippen molar-refractivity contribution in [2.75, 3.05) is 19.6 Å². The van der Waals surface area contributed by atoms with Gasteiger partial charge in [-0.3, -0.25) is 4.99 Å². The Balaban J connectivity index is 1.76. The van der Waals surface area contributed by atoms with Crippen LogP contribution in [0.4, 0.5) is 0 Å². The van der Waals surface area contributed by atoms with E-state index in [4.69, 9.17) is 0 Å². The van der Waals surface area contributed by atoms with Crippen LogP contribution in [-0.4, -0.2) is 30.6 Å². The number of guanidine groups is 1. The van der Waals surface area contributed by atoms with Gasteiger partial charge in [-0.2, -0.15) is 0 Å². The summed E-state index contributed by atoms with van der Waals surface area (Å²) in [5.41, 5.74) is 0. The van der Waals surface area contributed by atoms with Crippen LogP contribution in [0, 0.1) is 9.81 Å². The minimum absolute atomic E-state index is 0.763. The summed E-state index contributed by atoms with van der Waals surface area (Å²) < 4.78 is 1.34. The smallest absolute Gasteiger partial charge is 0.191 e. The number of aryl methyl sites for hydroxylation is 1. The van der Waals surface area contributed by atoms with Crippen LogP contribution in [0.1, 0.15) is 21.7 Å². The molecular formula is C15H21IN4S2. The zero-order chi connectivity index (χ0) is 15.8. The number of hydrogen-bond acceptors (Lipinski definition) is 4. The molecule has 0 spiro atoms. The molecule has 2 heterocycles. The number of aromatic nitrogens is 1. The number of hydrogen-bond donors (Lipinski definition) is 2. The van der Waals surface area contributed by atoms with Gasteiger partial charge >= 0.3 is 0 Å². The molecule has 2 rings (SSSR count). The van der Waals surface area contributed by atoms with Crippen molar-refractivity contribution in [1.29, 1.82) is 0 Å². The molecule has 4 nitrogen and oxygen atoms in total. The van der Waals surface area contributed by atoms with Gasteiger partial charge < -0.3 is 10.6 Å². The first-order chi connectivity index (χ1) is 10.7. The first kappa shape index (κ1) is 17.7. The predicted octanol–water partition coefficient (Wildman–Crippen LogP) is 3.46. The van der Waals surface area contributed by atoms with Crippen LogP contribution in [0.25, 0.3) is 0 Å². The lowest BCUT2D eigenvalue weighted by atomic mass is 10.3. The van der Waals surface area contributed by atoms with Gasteiger partial charge in [-0.15, -0.1) is 22.7 Å².